The normalized spacial score (nSPS) is 17.6. The molecule has 1 atom stereocenters. The minimum Gasteiger partial charge on any atom is -0.354 e. The molecule has 0 spiro atoms. The van der Waals surface area contributed by atoms with Crippen molar-refractivity contribution in [1.29, 1.82) is 0 Å². The number of hydrogen-bond donors (Lipinski definition) is 1. The summed E-state index contributed by atoms with van der Waals surface area (Å²) in [7, 11) is 5.38. The molecule has 4 rings (SSSR count). The Kier molecular flexibility index (Phi) is 5.24. The number of piperidine rings is 1. The van der Waals surface area contributed by atoms with Crippen molar-refractivity contribution in [3.05, 3.63) is 64.0 Å². The van der Waals surface area contributed by atoms with Crippen LogP contribution in [0.5, 0.6) is 0 Å². The first-order valence-electron chi connectivity index (χ1n) is 10.1. The summed E-state index contributed by atoms with van der Waals surface area (Å²) in [4.78, 5) is 32.0. The molecule has 0 unspecified atom stereocenters. The summed E-state index contributed by atoms with van der Waals surface area (Å²) >= 11 is 0. The fourth-order valence-electron chi connectivity index (χ4n) is 4.32. The van der Waals surface area contributed by atoms with E-state index in [1.165, 1.54) is 0 Å². The molecule has 29 heavy (non-hydrogen) atoms. The van der Waals surface area contributed by atoms with E-state index < -0.39 is 0 Å². The summed E-state index contributed by atoms with van der Waals surface area (Å²) in [5.41, 5.74) is 2.50. The van der Waals surface area contributed by atoms with E-state index in [-0.39, 0.29) is 17.5 Å². The van der Waals surface area contributed by atoms with Crippen LogP contribution in [0.4, 0.5) is 0 Å². The molecular formula is C22H27N5O2. The van der Waals surface area contributed by atoms with E-state index in [0.717, 1.165) is 42.8 Å². The lowest BCUT2D eigenvalue weighted by atomic mass is 9.99. The monoisotopic (exact) mass is 393 g/mol. The van der Waals surface area contributed by atoms with Gasteiger partial charge in [-0.05, 0) is 43.7 Å². The SMILES string of the molecule is CNC(=O)c1ccc([C@@H]2CCCCN2Cc2nc3ccccc3c(=O)n2C)n1C. The highest BCUT2D eigenvalue weighted by Gasteiger charge is 2.28. The van der Waals surface area contributed by atoms with Crippen molar-refractivity contribution in [2.24, 2.45) is 14.1 Å². The third-order valence-corrected chi connectivity index (χ3v) is 6.00. The fourth-order valence-corrected chi connectivity index (χ4v) is 4.32. The Balaban J connectivity index is 1.68. The number of nitrogens with zero attached hydrogens (tertiary/aromatic N) is 4. The first-order chi connectivity index (χ1) is 14.0. The molecule has 7 nitrogen and oxygen atoms in total. The van der Waals surface area contributed by atoms with Crippen molar-refractivity contribution in [3.8, 4) is 0 Å². The lowest BCUT2D eigenvalue weighted by molar-refractivity contribution is 0.0952. The maximum absolute atomic E-state index is 12.8. The summed E-state index contributed by atoms with van der Waals surface area (Å²) < 4.78 is 3.64. The number of carbonyl (C=O) groups excluding carboxylic acids is 1. The molecule has 0 radical (unpaired) electrons. The minimum atomic E-state index is -0.0836. The Bertz CT molecular complexity index is 1110. The maximum atomic E-state index is 12.8. The number of likely N-dealkylation sites (tertiary alicyclic amines) is 1. The average molecular weight is 393 g/mol. The number of benzene rings is 1. The van der Waals surface area contributed by atoms with Gasteiger partial charge in [0.15, 0.2) is 0 Å². The van der Waals surface area contributed by atoms with Crippen molar-refractivity contribution in [2.75, 3.05) is 13.6 Å². The van der Waals surface area contributed by atoms with E-state index in [2.05, 4.69) is 10.2 Å². The molecule has 3 aromatic rings. The van der Waals surface area contributed by atoms with E-state index in [0.29, 0.717) is 17.6 Å². The van der Waals surface area contributed by atoms with Gasteiger partial charge in [-0.15, -0.1) is 0 Å². The van der Waals surface area contributed by atoms with Gasteiger partial charge in [0.05, 0.1) is 23.5 Å². The van der Waals surface area contributed by atoms with Crippen molar-refractivity contribution >= 4 is 16.8 Å². The third-order valence-electron chi connectivity index (χ3n) is 6.00. The van der Waals surface area contributed by atoms with Crippen LogP contribution in [-0.4, -0.2) is 38.5 Å². The zero-order valence-corrected chi connectivity index (χ0v) is 17.2. The molecule has 1 aromatic carbocycles. The quantitative estimate of drug-likeness (QED) is 0.739. The maximum Gasteiger partial charge on any atom is 0.267 e. The smallest absolute Gasteiger partial charge is 0.267 e. The van der Waals surface area contributed by atoms with Crippen LogP contribution in [0.2, 0.25) is 0 Å². The number of amides is 1. The third kappa shape index (κ3) is 3.46. The highest BCUT2D eigenvalue weighted by Crippen LogP contribution is 2.32. The highest BCUT2D eigenvalue weighted by atomic mass is 16.2. The highest BCUT2D eigenvalue weighted by molar-refractivity contribution is 5.92. The molecule has 1 fully saturated rings. The van der Waals surface area contributed by atoms with Crippen molar-refractivity contribution in [1.82, 2.24) is 24.3 Å². The second-order valence-corrected chi connectivity index (χ2v) is 7.67. The van der Waals surface area contributed by atoms with Gasteiger partial charge in [0.25, 0.3) is 11.5 Å². The van der Waals surface area contributed by atoms with Crippen molar-refractivity contribution in [3.63, 3.8) is 0 Å². The van der Waals surface area contributed by atoms with Gasteiger partial charge in [-0.2, -0.15) is 0 Å². The fraction of sp³-hybridized carbons (Fsp3) is 0.409. The van der Waals surface area contributed by atoms with E-state index in [9.17, 15) is 9.59 Å². The molecular weight excluding hydrogens is 366 g/mol. The summed E-state index contributed by atoms with van der Waals surface area (Å²) in [6.45, 7) is 1.54. The molecule has 1 aliphatic rings. The summed E-state index contributed by atoms with van der Waals surface area (Å²) in [6.07, 6.45) is 3.28. The first-order valence-corrected chi connectivity index (χ1v) is 10.1. The number of nitrogens with one attached hydrogen (secondary N) is 1. The van der Waals surface area contributed by atoms with Gasteiger partial charge >= 0.3 is 0 Å². The minimum absolute atomic E-state index is 0.0140. The number of hydrogen-bond acceptors (Lipinski definition) is 4. The van der Waals surface area contributed by atoms with Crippen LogP contribution in [0.1, 0.15) is 47.3 Å². The van der Waals surface area contributed by atoms with Crippen LogP contribution in [0, 0.1) is 0 Å². The lowest BCUT2D eigenvalue weighted by Crippen LogP contribution is -2.36. The van der Waals surface area contributed by atoms with Crippen LogP contribution in [-0.2, 0) is 20.6 Å². The number of carbonyl (C=O) groups is 1. The van der Waals surface area contributed by atoms with Gasteiger partial charge in [0.1, 0.15) is 11.5 Å². The van der Waals surface area contributed by atoms with Crippen molar-refractivity contribution in [2.45, 2.75) is 31.8 Å². The summed E-state index contributed by atoms with van der Waals surface area (Å²) in [6, 6.07) is 11.6. The second-order valence-electron chi connectivity index (χ2n) is 7.67. The van der Waals surface area contributed by atoms with Crippen LogP contribution in [0.3, 0.4) is 0 Å². The number of fused-ring (bicyclic) bond motifs is 1. The Morgan fingerprint density at radius 1 is 1.14 bits per heavy atom. The summed E-state index contributed by atoms with van der Waals surface area (Å²) in [5, 5.41) is 3.34. The standard InChI is InChI=1S/C22H27N5O2/c1-23-21(28)19-12-11-17(25(19)2)18-10-6-7-13-27(18)14-20-24-16-9-5-4-8-15(16)22(29)26(20)3/h4-5,8-9,11-12,18H,6-7,10,13-14H2,1-3H3,(H,23,28)/t18-/m0/s1. The van der Waals surface area contributed by atoms with E-state index in [1.54, 1.807) is 18.7 Å². The number of para-hydroxylation sites is 1. The Morgan fingerprint density at radius 2 is 1.93 bits per heavy atom. The first kappa shape index (κ1) is 19.4. The molecule has 1 N–H and O–H groups in total. The van der Waals surface area contributed by atoms with Gasteiger partial charge in [0.2, 0.25) is 0 Å². The Morgan fingerprint density at radius 3 is 2.72 bits per heavy atom. The zero-order chi connectivity index (χ0) is 20.5. The number of rotatable bonds is 4. The number of aromatic nitrogens is 3. The van der Waals surface area contributed by atoms with E-state index in [4.69, 9.17) is 4.98 Å². The van der Waals surface area contributed by atoms with E-state index in [1.807, 2.05) is 48.0 Å². The van der Waals surface area contributed by atoms with Crippen LogP contribution in [0.15, 0.2) is 41.2 Å². The Labute approximate surface area is 170 Å². The molecule has 0 bridgehead atoms. The predicted octanol–water partition coefficient (Wildman–Crippen LogP) is 2.36. The lowest BCUT2D eigenvalue weighted by Gasteiger charge is -2.36. The molecule has 0 saturated carbocycles. The van der Waals surface area contributed by atoms with Gasteiger partial charge in [0, 0.05) is 26.8 Å². The second kappa shape index (κ2) is 7.83. The average Bonchev–Trinajstić information content (AvgIpc) is 3.13. The van der Waals surface area contributed by atoms with Crippen LogP contribution < -0.4 is 10.9 Å². The van der Waals surface area contributed by atoms with Crippen molar-refractivity contribution < 1.29 is 4.79 Å². The molecule has 1 amide bonds. The summed E-state index contributed by atoms with van der Waals surface area (Å²) in [5.74, 6) is 0.682. The van der Waals surface area contributed by atoms with Gasteiger partial charge in [-0.25, -0.2) is 4.98 Å². The van der Waals surface area contributed by atoms with Crippen LogP contribution in [0.25, 0.3) is 10.9 Å². The van der Waals surface area contributed by atoms with Gasteiger partial charge in [-0.3, -0.25) is 19.1 Å². The largest absolute Gasteiger partial charge is 0.354 e. The molecule has 152 valence electrons. The van der Waals surface area contributed by atoms with Crippen LogP contribution >= 0.6 is 0 Å². The molecule has 7 heteroatoms. The molecule has 2 aromatic heterocycles. The molecule has 0 aliphatic carbocycles. The Hall–Kier alpha value is -2.93. The van der Waals surface area contributed by atoms with Gasteiger partial charge in [-0.1, -0.05) is 18.6 Å². The topological polar surface area (TPSA) is 72.2 Å². The molecule has 1 aliphatic heterocycles. The molecule has 3 heterocycles. The zero-order valence-electron chi connectivity index (χ0n) is 17.2. The predicted molar refractivity (Wildman–Crippen MR) is 113 cm³/mol. The van der Waals surface area contributed by atoms with E-state index >= 15 is 0 Å². The van der Waals surface area contributed by atoms with Gasteiger partial charge < -0.3 is 9.88 Å². The molecule has 1 saturated heterocycles.